The highest BCUT2D eigenvalue weighted by atomic mass is 79.9. The molecule has 0 spiro atoms. The fourth-order valence-corrected chi connectivity index (χ4v) is 2.34. The molecule has 0 heterocycles. The second-order valence-electron chi connectivity index (χ2n) is 3.12. The summed E-state index contributed by atoms with van der Waals surface area (Å²) in [6.45, 7) is 2.04. The Bertz CT molecular complexity index is 263. The molecule has 0 amide bonds. The fraction of sp³-hybridized carbons (Fsp3) is 0.400. The van der Waals surface area contributed by atoms with Gasteiger partial charge in [0, 0.05) is 22.0 Å². The summed E-state index contributed by atoms with van der Waals surface area (Å²) < 4.78 is 1.14. The Balaban J connectivity index is 2.37. The summed E-state index contributed by atoms with van der Waals surface area (Å²) in [6.07, 6.45) is 0. The Morgan fingerprint density at radius 2 is 2.31 bits per heavy atom. The average molecular weight is 260 g/mol. The number of benzene rings is 1. The van der Waals surface area contributed by atoms with E-state index in [-0.39, 0.29) is 6.04 Å². The van der Waals surface area contributed by atoms with Gasteiger partial charge in [-0.15, -0.1) is 0 Å². The number of thioether (sulfide) groups is 1. The monoisotopic (exact) mass is 259 g/mol. The van der Waals surface area contributed by atoms with E-state index in [1.807, 2.05) is 24.8 Å². The van der Waals surface area contributed by atoms with Gasteiger partial charge in [0.2, 0.25) is 0 Å². The number of nitrogens with two attached hydrogens (primary N) is 1. The van der Waals surface area contributed by atoms with Crippen LogP contribution in [-0.4, -0.2) is 11.8 Å². The number of rotatable bonds is 4. The molecule has 0 aromatic heterocycles. The SMILES string of the molecule is CC(N)CSCc1cccc(Br)c1. The summed E-state index contributed by atoms with van der Waals surface area (Å²) in [5.74, 6) is 2.06. The van der Waals surface area contributed by atoms with Gasteiger partial charge in [-0.25, -0.2) is 0 Å². The molecule has 0 radical (unpaired) electrons. The van der Waals surface area contributed by atoms with E-state index in [4.69, 9.17) is 5.73 Å². The molecule has 0 bridgehead atoms. The molecule has 0 saturated carbocycles. The minimum Gasteiger partial charge on any atom is -0.327 e. The average Bonchev–Trinajstić information content (AvgIpc) is 2.03. The van der Waals surface area contributed by atoms with Crippen molar-refractivity contribution in [1.82, 2.24) is 0 Å². The molecule has 0 fully saturated rings. The summed E-state index contributed by atoms with van der Waals surface area (Å²) in [5.41, 5.74) is 7.00. The van der Waals surface area contributed by atoms with E-state index >= 15 is 0 Å². The zero-order chi connectivity index (χ0) is 9.68. The molecule has 1 nitrogen and oxygen atoms in total. The largest absolute Gasteiger partial charge is 0.327 e. The number of hydrogen-bond acceptors (Lipinski definition) is 2. The highest BCUT2D eigenvalue weighted by molar-refractivity contribution is 9.10. The third-order valence-electron chi connectivity index (χ3n) is 1.54. The molecule has 0 aliphatic carbocycles. The highest BCUT2D eigenvalue weighted by Crippen LogP contribution is 2.17. The minimum absolute atomic E-state index is 0.289. The van der Waals surface area contributed by atoms with Gasteiger partial charge in [0.1, 0.15) is 0 Å². The van der Waals surface area contributed by atoms with Crippen molar-refractivity contribution < 1.29 is 0 Å². The van der Waals surface area contributed by atoms with Crippen molar-refractivity contribution in [3.63, 3.8) is 0 Å². The molecule has 1 aromatic rings. The second-order valence-corrected chi connectivity index (χ2v) is 5.07. The minimum atomic E-state index is 0.289. The van der Waals surface area contributed by atoms with Crippen molar-refractivity contribution in [2.75, 3.05) is 5.75 Å². The topological polar surface area (TPSA) is 26.0 Å². The van der Waals surface area contributed by atoms with Crippen LogP contribution in [0.2, 0.25) is 0 Å². The van der Waals surface area contributed by atoms with Gasteiger partial charge < -0.3 is 5.73 Å². The molecule has 1 unspecified atom stereocenters. The van der Waals surface area contributed by atoms with Crippen molar-refractivity contribution >= 4 is 27.7 Å². The Labute approximate surface area is 92.2 Å². The van der Waals surface area contributed by atoms with Gasteiger partial charge >= 0.3 is 0 Å². The molecular formula is C10H14BrNS. The van der Waals surface area contributed by atoms with E-state index in [2.05, 4.69) is 34.1 Å². The summed E-state index contributed by atoms with van der Waals surface area (Å²) in [5, 5.41) is 0. The zero-order valence-electron chi connectivity index (χ0n) is 7.66. The lowest BCUT2D eigenvalue weighted by Crippen LogP contribution is -2.17. The molecule has 1 atom stereocenters. The molecule has 2 N–H and O–H groups in total. The molecule has 0 saturated heterocycles. The van der Waals surface area contributed by atoms with Crippen LogP contribution in [0, 0.1) is 0 Å². The summed E-state index contributed by atoms with van der Waals surface area (Å²) in [6, 6.07) is 8.68. The maximum atomic E-state index is 5.66. The standard InChI is InChI=1S/C10H14BrNS/c1-8(12)6-13-7-9-3-2-4-10(11)5-9/h2-5,8H,6-7,12H2,1H3. The van der Waals surface area contributed by atoms with Gasteiger partial charge in [-0.05, 0) is 24.6 Å². The lowest BCUT2D eigenvalue weighted by atomic mass is 10.2. The van der Waals surface area contributed by atoms with Crippen molar-refractivity contribution in [2.24, 2.45) is 5.73 Å². The van der Waals surface area contributed by atoms with Crippen molar-refractivity contribution in [3.8, 4) is 0 Å². The van der Waals surface area contributed by atoms with Gasteiger partial charge in [0.05, 0.1) is 0 Å². The molecule has 1 rings (SSSR count). The fourth-order valence-electron chi connectivity index (χ4n) is 0.989. The lowest BCUT2D eigenvalue weighted by molar-refractivity contribution is 0.847. The normalized spacial score (nSPS) is 12.8. The summed E-state index contributed by atoms with van der Waals surface area (Å²) in [7, 11) is 0. The van der Waals surface area contributed by atoms with E-state index in [1.54, 1.807) is 0 Å². The second kappa shape index (κ2) is 5.68. The van der Waals surface area contributed by atoms with Crippen molar-refractivity contribution in [2.45, 2.75) is 18.7 Å². The lowest BCUT2D eigenvalue weighted by Gasteiger charge is -2.04. The molecule has 3 heteroatoms. The van der Waals surface area contributed by atoms with Crippen LogP contribution < -0.4 is 5.73 Å². The van der Waals surface area contributed by atoms with Crippen LogP contribution in [-0.2, 0) is 5.75 Å². The summed E-state index contributed by atoms with van der Waals surface area (Å²) in [4.78, 5) is 0. The molecule has 72 valence electrons. The van der Waals surface area contributed by atoms with Crippen LogP contribution in [0.4, 0.5) is 0 Å². The molecule has 0 aliphatic rings. The number of halogens is 1. The van der Waals surface area contributed by atoms with E-state index in [9.17, 15) is 0 Å². The summed E-state index contributed by atoms with van der Waals surface area (Å²) >= 11 is 5.33. The first-order valence-corrected chi connectivity index (χ1v) is 6.21. The van der Waals surface area contributed by atoms with Gasteiger partial charge in [0.25, 0.3) is 0 Å². The predicted molar refractivity (Wildman–Crippen MR) is 64.0 cm³/mol. The van der Waals surface area contributed by atoms with Crippen LogP contribution in [0.3, 0.4) is 0 Å². The van der Waals surface area contributed by atoms with Crippen LogP contribution in [0.1, 0.15) is 12.5 Å². The quantitative estimate of drug-likeness (QED) is 0.900. The van der Waals surface area contributed by atoms with Gasteiger partial charge in [-0.3, -0.25) is 0 Å². The third-order valence-corrected chi connectivity index (χ3v) is 3.33. The van der Waals surface area contributed by atoms with E-state index in [0.29, 0.717) is 0 Å². The van der Waals surface area contributed by atoms with Gasteiger partial charge in [-0.2, -0.15) is 11.8 Å². The molecule has 1 aromatic carbocycles. The first-order valence-electron chi connectivity index (χ1n) is 4.26. The molecular weight excluding hydrogens is 246 g/mol. The van der Waals surface area contributed by atoms with E-state index in [0.717, 1.165) is 16.0 Å². The van der Waals surface area contributed by atoms with Crippen LogP contribution in [0.5, 0.6) is 0 Å². The van der Waals surface area contributed by atoms with E-state index < -0.39 is 0 Å². The van der Waals surface area contributed by atoms with E-state index in [1.165, 1.54) is 5.56 Å². The smallest absolute Gasteiger partial charge is 0.0185 e. The van der Waals surface area contributed by atoms with Gasteiger partial charge in [-0.1, -0.05) is 28.1 Å². The maximum Gasteiger partial charge on any atom is 0.0185 e. The van der Waals surface area contributed by atoms with Crippen LogP contribution in [0.15, 0.2) is 28.7 Å². The predicted octanol–water partition coefficient (Wildman–Crippen LogP) is 3.03. The Morgan fingerprint density at radius 3 is 2.92 bits per heavy atom. The van der Waals surface area contributed by atoms with Crippen molar-refractivity contribution in [3.05, 3.63) is 34.3 Å². The zero-order valence-corrected chi connectivity index (χ0v) is 10.1. The number of hydrogen-bond donors (Lipinski definition) is 1. The Morgan fingerprint density at radius 1 is 1.54 bits per heavy atom. The third kappa shape index (κ3) is 4.69. The first-order chi connectivity index (χ1) is 6.18. The maximum absolute atomic E-state index is 5.66. The van der Waals surface area contributed by atoms with Gasteiger partial charge in [0.15, 0.2) is 0 Å². The van der Waals surface area contributed by atoms with Crippen LogP contribution >= 0.6 is 27.7 Å². The highest BCUT2D eigenvalue weighted by Gasteiger charge is 1.96. The molecule has 0 aliphatic heterocycles. The Kier molecular flexibility index (Phi) is 4.84. The molecule has 13 heavy (non-hydrogen) atoms. The van der Waals surface area contributed by atoms with Crippen molar-refractivity contribution in [1.29, 1.82) is 0 Å². The van der Waals surface area contributed by atoms with Crippen LogP contribution in [0.25, 0.3) is 0 Å². The first kappa shape index (κ1) is 11.1. The Hall–Kier alpha value is 0.01000.